The van der Waals surface area contributed by atoms with Crippen molar-refractivity contribution in [2.45, 2.75) is 0 Å². The number of aromatic amines is 1. The van der Waals surface area contributed by atoms with Crippen molar-refractivity contribution in [1.82, 2.24) is 4.98 Å². The Labute approximate surface area is 101 Å². The lowest BCUT2D eigenvalue weighted by atomic mass is 9.99. The average Bonchev–Trinajstić information content (AvgIpc) is 2.81. The van der Waals surface area contributed by atoms with E-state index in [-0.39, 0.29) is 11.4 Å². The summed E-state index contributed by atoms with van der Waals surface area (Å²) in [5.74, 6) is -0.0935. The third kappa shape index (κ3) is 0.996. The number of H-pyrrole nitrogens is 1. The van der Waals surface area contributed by atoms with Gasteiger partial charge in [0.05, 0.1) is 10.7 Å². The van der Waals surface area contributed by atoms with Crippen molar-refractivity contribution in [2.75, 3.05) is 0 Å². The van der Waals surface area contributed by atoms with Gasteiger partial charge in [-0.1, -0.05) is 12.1 Å². The van der Waals surface area contributed by atoms with Gasteiger partial charge in [-0.2, -0.15) is 0 Å². The topological polar surface area (TPSA) is 65.5 Å². The highest BCUT2D eigenvalue weighted by atomic mass is 16.3. The Kier molecular flexibility index (Phi) is 1.56. The van der Waals surface area contributed by atoms with Crippen molar-refractivity contribution < 1.29 is 5.11 Å². The Balaban J connectivity index is 2.50. The first-order valence-corrected chi connectivity index (χ1v) is 5.60. The molecule has 0 aliphatic carbocycles. The molecule has 2 aromatic carbocycles. The van der Waals surface area contributed by atoms with Crippen LogP contribution in [0, 0.1) is 0 Å². The van der Waals surface area contributed by atoms with Crippen LogP contribution in [0.25, 0.3) is 27.6 Å². The molecule has 0 atom stereocenters. The van der Waals surface area contributed by atoms with Crippen LogP contribution in [0.15, 0.2) is 40.3 Å². The summed E-state index contributed by atoms with van der Waals surface area (Å²) in [5, 5.41) is 13.4. The van der Waals surface area contributed by atoms with E-state index in [0.717, 1.165) is 16.3 Å². The molecule has 86 valence electrons. The second-order valence-corrected chi connectivity index (χ2v) is 4.34. The molecule has 1 aliphatic rings. The number of pyridine rings is 1. The number of benzene rings is 2. The minimum absolute atomic E-state index is 0.0935. The molecule has 0 fully saturated rings. The van der Waals surface area contributed by atoms with Gasteiger partial charge in [0.2, 0.25) is 0 Å². The predicted molar refractivity (Wildman–Crippen MR) is 69.5 cm³/mol. The first-order chi connectivity index (χ1) is 8.75. The quantitative estimate of drug-likeness (QED) is 0.624. The van der Waals surface area contributed by atoms with Crippen LogP contribution in [-0.4, -0.2) is 10.1 Å². The summed E-state index contributed by atoms with van der Waals surface area (Å²) in [6, 6.07) is 7.56. The van der Waals surface area contributed by atoms with Gasteiger partial charge in [-0.05, 0) is 23.6 Å². The molecule has 0 spiro atoms. The molecule has 0 bridgehead atoms. The van der Waals surface area contributed by atoms with Gasteiger partial charge >= 0.3 is 0 Å². The summed E-state index contributed by atoms with van der Waals surface area (Å²) in [6.07, 6.45) is 3.56. The lowest BCUT2D eigenvalue weighted by molar-refractivity contribution is 0.459. The summed E-state index contributed by atoms with van der Waals surface area (Å²) >= 11 is 0. The maximum Gasteiger partial charge on any atom is 0.260 e. The smallest absolute Gasteiger partial charge is 0.260 e. The molecule has 3 aromatic rings. The molecule has 0 amide bonds. The van der Waals surface area contributed by atoms with E-state index < -0.39 is 0 Å². The van der Waals surface area contributed by atoms with Gasteiger partial charge in [0, 0.05) is 22.5 Å². The molecule has 4 heteroatoms. The van der Waals surface area contributed by atoms with E-state index in [0.29, 0.717) is 16.1 Å². The summed E-state index contributed by atoms with van der Waals surface area (Å²) in [5.41, 5.74) is 0.631. The van der Waals surface area contributed by atoms with Gasteiger partial charge in [0.25, 0.3) is 5.56 Å². The largest absolute Gasteiger partial charge is 0.494 e. The average molecular weight is 236 g/mol. The molecule has 4 rings (SSSR count). The van der Waals surface area contributed by atoms with Crippen molar-refractivity contribution in [1.29, 1.82) is 0 Å². The number of rotatable bonds is 0. The zero-order valence-corrected chi connectivity index (χ0v) is 9.27. The molecule has 0 radical (unpaired) electrons. The van der Waals surface area contributed by atoms with Gasteiger partial charge < -0.3 is 5.11 Å². The zero-order chi connectivity index (χ0) is 12.3. The number of hydrogen-bond donors (Lipinski definition) is 2. The third-order valence-electron chi connectivity index (χ3n) is 3.34. The van der Waals surface area contributed by atoms with E-state index in [1.54, 1.807) is 12.3 Å². The van der Waals surface area contributed by atoms with Crippen molar-refractivity contribution in [3.63, 3.8) is 0 Å². The van der Waals surface area contributed by atoms with Crippen LogP contribution in [0.1, 0.15) is 5.56 Å². The Morgan fingerprint density at radius 1 is 1.22 bits per heavy atom. The lowest BCUT2D eigenvalue weighted by Crippen LogP contribution is -2.17. The van der Waals surface area contributed by atoms with Crippen LogP contribution in [0.4, 0.5) is 0 Å². The Morgan fingerprint density at radius 2 is 2.11 bits per heavy atom. The van der Waals surface area contributed by atoms with Crippen LogP contribution in [-0.2, 0) is 0 Å². The van der Waals surface area contributed by atoms with Crippen molar-refractivity contribution >= 4 is 27.6 Å². The van der Waals surface area contributed by atoms with Gasteiger partial charge in [-0.25, -0.2) is 0 Å². The summed E-state index contributed by atoms with van der Waals surface area (Å²) < 4.78 is 0. The molecule has 1 aliphatic heterocycles. The van der Waals surface area contributed by atoms with Crippen molar-refractivity contribution in [3.05, 3.63) is 51.7 Å². The highest BCUT2D eigenvalue weighted by Gasteiger charge is 2.14. The van der Waals surface area contributed by atoms with E-state index in [1.165, 1.54) is 0 Å². The Bertz CT molecular complexity index is 951. The molecule has 0 saturated carbocycles. The third-order valence-corrected chi connectivity index (χ3v) is 3.34. The fraction of sp³-hybridized carbons (Fsp3) is 0. The van der Waals surface area contributed by atoms with Crippen LogP contribution < -0.4 is 10.9 Å². The molecular formula is C14H8N2O2. The number of hydrogen-bond acceptors (Lipinski definition) is 3. The molecule has 0 unspecified atom stereocenters. The fourth-order valence-corrected chi connectivity index (χ4v) is 2.58. The van der Waals surface area contributed by atoms with Crippen LogP contribution in [0.5, 0.6) is 5.88 Å². The first kappa shape index (κ1) is 9.41. The SMILES string of the molecule is O=c1[nH]c(O)c2cccc3cc4c(c1c32)=NC=C4. The number of fused-ring (bicyclic) bond motifs is 2. The number of aromatic hydroxyl groups is 1. The minimum Gasteiger partial charge on any atom is -0.494 e. The van der Waals surface area contributed by atoms with E-state index >= 15 is 0 Å². The first-order valence-electron chi connectivity index (χ1n) is 5.60. The normalized spacial score (nSPS) is 13.1. The van der Waals surface area contributed by atoms with E-state index in [2.05, 4.69) is 9.98 Å². The molecule has 2 N–H and O–H groups in total. The molecule has 4 nitrogen and oxygen atoms in total. The minimum atomic E-state index is -0.305. The summed E-state index contributed by atoms with van der Waals surface area (Å²) in [6.45, 7) is 0. The molecule has 2 heterocycles. The molecule has 1 aromatic heterocycles. The molecular weight excluding hydrogens is 228 g/mol. The van der Waals surface area contributed by atoms with E-state index in [9.17, 15) is 9.90 Å². The monoisotopic (exact) mass is 236 g/mol. The van der Waals surface area contributed by atoms with E-state index in [1.807, 2.05) is 24.3 Å². The maximum atomic E-state index is 12.1. The second kappa shape index (κ2) is 2.98. The Morgan fingerprint density at radius 3 is 3.00 bits per heavy atom. The molecule has 18 heavy (non-hydrogen) atoms. The summed E-state index contributed by atoms with van der Waals surface area (Å²) in [7, 11) is 0. The predicted octanol–water partition coefficient (Wildman–Crippen LogP) is 1.71. The van der Waals surface area contributed by atoms with Crippen molar-refractivity contribution in [3.8, 4) is 5.88 Å². The molecule has 0 saturated heterocycles. The highest BCUT2D eigenvalue weighted by Crippen LogP contribution is 2.28. The standard InChI is InChI=1S/C14H8N2O2/c17-13-9-3-1-2-7-6-8-4-5-15-12(8)11(10(7)9)14(18)16-13/h1-6H,(H2,16,17,18). The Hall–Kier alpha value is -2.62. The number of nitrogens with zero attached hydrogens (tertiary/aromatic N) is 1. The van der Waals surface area contributed by atoms with Crippen LogP contribution >= 0.6 is 0 Å². The van der Waals surface area contributed by atoms with Crippen LogP contribution in [0.3, 0.4) is 0 Å². The number of aromatic nitrogens is 1. The summed E-state index contributed by atoms with van der Waals surface area (Å²) in [4.78, 5) is 18.8. The van der Waals surface area contributed by atoms with Gasteiger partial charge in [0.15, 0.2) is 5.88 Å². The lowest BCUT2D eigenvalue weighted by Gasteiger charge is -2.07. The highest BCUT2D eigenvalue weighted by molar-refractivity contribution is 6.12. The van der Waals surface area contributed by atoms with Gasteiger partial charge in [-0.3, -0.25) is 14.8 Å². The van der Waals surface area contributed by atoms with Gasteiger partial charge in [-0.15, -0.1) is 0 Å². The second-order valence-electron chi connectivity index (χ2n) is 4.34. The maximum absolute atomic E-state index is 12.1. The zero-order valence-electron chi connectivity index (χ0n) is 9.27. The van der Waals surface area contributed by atoms with Crippen LogP contribution in [0.2, 0.25) is 0 Å². The fourth-order valence-electron chi connectivity index (χ4n) is 2.58. The van der Waals surface area contributed by atoms with Gasteiger partial charge in [0.1, 0.15) is 0 Å². The number of nitrogens with one attached hydrogen (secondary N) is 1. The van der Waals surface area contributed by atoms with E-state index in [4.69, 9.17) is 0 Å². The van der Waals surface area contributed by atoms with Crippen molar-refractivity contribution in [2.24, 2.45) is 4.99 Å².